The number of aromatic nitrogens is 2. The second-order valence-corrected chi connectivity index (χ2v) is 3.30. The van der Waals surface area contributed by atoms with Gasteiger partial charge in [-0.1, -0.05) is 19.9 Å². The Bertz CT molecular complexity index is 258. The molecule has 0 bridgehead atoms. The molecule has 0 radical (unpaired) electrons. The zero-order valence-corrected chi connectivity index (χ0v) is 7.31. The van der Waals surface area contributed by atoms with Gasteiger partial charge in [0.25, 0.3) is 0 Å². The van der Waals surface area contributed by atoms with E-state index < -0.39 is 0 Å². The van der Waals surface area contributed by atoms with Crippen molar-refractivity contribution in [3.8, 4) is 0 Å². The number of nitrogens with one attached hydrogen (secondary N) is 1. The smallest absolute Gasteiger partial charge is 0.0925 e. The lowest BCUT2D eigenvalue weighted by molar-refractivity contribution is 0.644. The van der Waals surface area contributed by atoms with Crippen LogP contribution in [-0.4, -0.2) is 9.97 Å². The molecule has 0 saturated heterocycles. The number of aryl methyl sites for hydroxylation is 1. The summed E-state index contributed by atoms with van der Waals surface area (Å²) in [5, 5.41) is 0. The van der Waals surface area contributed by atoms with Crippen molar-refractivity contribution in [2.75, 3.05) is 0 Å². The standard InChI is InChI=1S/C9H14N2/c1-5-9(3,4)8-7(2)10-6-11-8/h5-6H,1H2,2-4H3,(H,10,11). The summed E-state index contributed by atoms with van der Waals surface area (Å²) in [5.41, 5.74) is 2.17. The first-order valence-corrected chi connectivity index (χ1v) is 3.72. The fourth-order valence-corrected chi connectivity index (χ4v) is 1.11. The second kappa shape index (κ2) is 2.53. The van der Waals surface area contributed by atoms with E-state index in [0.29, 0.717) is 0 Å². The van der Waals surface area contributed by atoms with Gasteiger partial charge in [0.2, 0.25) is 0 Å². The Hall–Kier alpha value is -1.05. The summed E-state index contributed by atoms with van der Waals surface area (Å²) in [6.45, 7) is 10.00. The van der Waals surface area contributed by atoms with Gasteiger partial charge in [0.15, 0.2) is 0 Å². The van der Waals surface area contributed by atoms with Crippen molar-refractivity contribution in [2.45, 2.75) is 26.2 Å². The third-order valence-corrected chi connectivity index (χ3v) is 1.95. The van der Waals surface area contributed by atoms with Crippen molar-refractivity contribution in [2.24, 2.45) is 0 Å². The number of imidazole rings is 1. The predicted octanol–water partition coefficient (Wildman–Crippen LogP) is 2.18. The van der Waals surface area contributed by atoms with Crippen LogP contribution < -0.4 is 0 Å². The molecule has 60 valence electrons. The molecule has 0 unspecified atom stereocenters. The number of allylic oxidation sites excluding steroid dienone is 1. The third kappa shape index (κ3) is 1.34. The van der Waals surface area contributed by atoms with Gasteiger partial charge in [-0.15, -0.1) is 6.58 Å². The first-order chi connectivity index (χ1) is 5.08. The van der Waals surface area contributed by atoms with Crippen LogP contribution in [0.5, 0.6) is 0 Å². The highest BCUT2D eigenvalue weighted by Gasteiger charge is 2.20. The van der Waals surface area contributed by atoms with Crippen LogP contribution >= 0.6 is 0 Å². The first kappa shape index (κ1) is 8.05. The lowest BCUT2D eigenvalue weighted by Crippen LogP contribution is -2.14. The molecule has 0 aromatic carbocycles. The van der Waals surface area contributed by atoms with Gasteiger partial charge in [-0.25, -0.2) is 4.98 Å². The summed E-state index contributed by atoms with van der Waals surface area (Å²) in [5.74, 6) is 0. The fourth-order valence-electron chi connectivity index (χ4n) is 1.11. The maximum Gasteiger partial charge on any atom is 0.0925 e. The van der Waals surface area contributed by atoms with E-state index >= 15 is 0 Å². The highest BCUT2D eigenvalue weighted by atomic mass is 14.9. The topological polar surface area (TPSA) is 28.7 Å². The SMILES string of the molecule is C=CC(C)(C)c1nc[nH]c1C. The second-order valence-electron chi connectivity index (χ2n) is 3.30. The van der Waals surface area contributed by atoms with Crippen molar-refractivity contribution in [1.29, 1.82) is 0 Å². The molecule has 0 aliphatic carbocycles. The van der Waals surface area contributed by atoms with E-state index in [2.05, 4.69) is 30.4 Å². The Labute approximate surface area is 67.4 Å². The summed E-state index contributed by atoms with van der Waals surface area (Å²) >= 11 is 0. The first-order valence-electron chi connectivity index (χ1n) is 3.72. The Morgan fingerprint density at radius 2 is 2.27 bits per heavy atom. The van der Waals surface area contributed by atoms with Crippen molar-refractivity contribution < 1.29 is 0 Å². The number of rotatable bonds is 2. The summed E-state index contributed by atoms with van der Waals surface area (Å²) in [4.78, 5) is 7.28. The largest absolute Gasteiger partial charge is 0.348 e. The van der Waals surface area contributed by atoms with Gasteiger partial charge >= 0.3 is 0 Å². The summed E-state index contributed by atoms with van der Waals surface area (Å²) in [7, 11) is 0. The average Bonchev–Trinajstić information content (AvgIpc) is 2.36. The average molecular weight is 150 g/mol. The van der Waals surface area contributed by atoms with Crippen LogP contribution in [0.4, 0.5) is 0 Å². The highest BCUT2D eigenvalue weighted by Crippen LogP contribution is 2.23. The quantitative estimate of drug-likeness (QED) is 0.643. The van der Waals surface area contributed by atoms with Gasteiger partial charge in [0, 0.05) is 11.1 Å². The minimum absolute atomic E-state index is 0.0237. The van der Waals surface area contributed by atoms with Crippen molar-refractivity contribution in [3.05, 3.63) is 30.4 Å². The molecule has 0 atom stereocenters. The molecule has 1 heterocycles. The number of H-pyrrole nitrogens is 1. The maximum atomic E-state index is 4.23. The van der Waals surface area contributed by atoms with E-state index in [0.717, 1.165) is 11.4 Å². The van der Waals surface area contributed by atoms with E-state index in [1.165, 1.54) is 0 Å². The molecule has 1 aromatic heterocycles. The zero-order chi connectivity index (χ0) is 8.48. The molecule has 1 N–H and O–H groups in total. The van der Waals surface area contributed by atoms with E-state index in [1.807, 2.05) is 13.0 Å². The zero-order valence-electron chi connectivity index (χ0n) is 7.31. The van der Waals surface area contributed by atoms with Crippen LogP contribution in [0.25, 0.3) is 0 Å². The number of hydrogen-bond donors (Lipinski definition) is 1. The molecule has 1 rings (SSSR count). The molecule has 0 aliphatic heterocycles. The van der Waals surface area contributed by atoms with Gasteiger partial charge in [0.1, 0.15) is 0 Å². The number of aromatic amines is 1. The Morgan fingerprint density at radius 3 is 2.64 bits per heavy atom. The van der Waals surface area contributed by atoms with E-state index in [-0.39, 0.29) is 5.41 Å². The van der Waals surface area contributed by atoms with Crippen molar-refractivity contribution in [1.82, 2.24) is 9.97 Å². The van der Waals surface area contributed by atoms with Crippen LogP contribution in [-0.2, 0) is 5.41 Å². The lowest BCUT2D eigenvalue weighted by Gasteiger charge is -2.17. The van der Waals surface area contributed by atoms with Crippen LogP contribution in [0.15, 0.2) is 19.0 Å². The molecule has 0 fully saturated rings. The van der Waals surface area contributed by atoms with Crippen LogP contribution in [0.1, 0.15) is 25.2 Å². The molecular formula is C9H14N2. The minimum Gasteiger partial charge on any atom is -0.348 e. The molecular weight excluding hydrogens is 136 g/mol. The Kier molecular flexibility index (Phi) is 1.85. The fraction of sp³-hybridized carbons (Fsp3) is 0.444. The summed E-state index contributed by atoms with van der Waals surface area (Å²) in [6, 6.07) is 0. The molecule has 1 aromatic rings. The number of hydrogen-bond acceptors (Lipinski definition) is 1. The van der Waals surface area contributed by atoms with Gasteiger partial charge in [-0.3, -0.25) is 0 Å². The van der Waals surface area contributed by atoms with Crippen molar-refractivity contribution in [3.63, 3.8) is 0 Å². The minimum atomic E-state index is -0.0237. The van der Waals surface area contributed by atoms with E-state index in [1.54, 1.807) is 6.33 Å². The van der Waals surface area contributed by atoms with Gasteiger partial charge in [-0.05, 0) is 6.92 Å². The molecule has 0 aliphatic rings. The van der Waals surface area contributed by atoms with Gasteiger partial charge < -0.3 is 4.98 Å². The normalized spacial score (nSPS) is 11.5. The number of nitrogens with zero attached hydrogens (tertiary/aromatic N) is 1. The molecule has 0 spiro atoms. The molecule has 2 nitrogen and oxygen atoms in total. The van der Waals surface area contributed by atoms with Crippen LogP contribution in [0, 0.1) is 6.92 Å². The maximum absolute atomic E-state index is 4.23. The summed E-state index contributed by atoms with van der Waals surface area (Å²) < 4.78 is 0. The van der Waals surface area contributed by atoms with Crippen molar-refractivity contribution >= 4 is 0 Å². The molecule has 11 heavy (non-hydrogen) atoms. The van der Waals surface area contributed by atoms with E-state index in [4.69, 9.17) is 0 Å². The monoisotopic (exact) mass is 150 g/mol. The predicted molar refractivity (Wildman–Crippen MR) is 46.5 cm³/mol. The molecule has 0 saturated carbocycles. The van der Waals surface area contributed by atoms with Crippen LogP contribution in [0.3, 0.4) is 0 Å². The third-order valence-electron chi connectivity index (χ3n) is 1.95. The molecule has 0 amide bonds. The van der Waals surface area contributed by atoms with Gasteiger partial charge in [0.05, 0.1) is 12.0 Å². The van der Waals surface area contributed by atoms with Crippen LogP contribution in [0.2, 0.25) is 0 Å². The molecule has 2 heteroatoms. The van der Waals surface area contributed by atoms with Gasteiger partial charge in [-0.2, -0.15) is 0 Å². The Balaban J connectivity index is 3.10. The van der Waals surface area contributed by atoms with E-state index in [9.17, 15) is 0 Å². The lowest BCUT2D eigenvalue weighted by atomic mass is 9.88. The summed E-state index contributed by atoms with van der Waals surface area (Å²) in [6.07, 6.45) is 3.63. The Morgan fingerprint density at radius 1 is 1.64 bits per heavy atom. The highest BCUT2D eigenvalue weighted by molar-refractivity contribution is 5.24.